The smallest absolute Gasteiger partial charge is 0.0758 e. The molecule has 2 fully saturated rings. The first-order chi connectivity index (χ1) is 8.84. The van der Waals surface area contributed by atoms with Crippen LogP contribution in [-0.2, 0) is 0 Å². The van der Waals surface area contributed by atoms with E-state index in [1.165, 1.54) is 19.3 Å². The van der Waals surface area contributed by atoms with Crippen molar-refractivity contribution in [3.63, 3.8) is 0 Å². The molecule has 3 nitrogen and oxygen atoms in total. The molecule has 1 saturated heterocycles. The van der Waals surface area contributed by atoms with Gasteiger partial charge in [-0.2, -0.15) is 0 Å². The molecule has 3 unspecified atom stereocenters. The number of hydrogen-bond donors (Lipinski definition) is 2. The van der Waals surface area contributed by atoms with Gasteiger partial charge in [0, 0.05) is 25.7 Å². The third-order valence-electron chi connectivity index (χ3n) is 5.11. The Bertz CT molecular complexity index is 301. The van der Waals surface area contributed by atoms with Crippen molar-refractivity contribution >= 4 is 0 Å². The van der Waals surface area contributed by atoms with Crippen LogP contribution in [0.3, 0.4) is 0 Å². The molecule has 1 heterocycles. The van der Waals surface area contributed by atoms with Crippen molar-refractivity contribution in [3.8, 4) is 0 Å². The normalized spacial score (nSPS) is 39.0. The molecule has 1 aliphatic carbocycles. The fraction of sp³-hybridized carbons (Fsp3) is 1.00. The molecule has 1 saturated carbocycles. The molecule has 3 atom stereocenters. The topological polar surface area (TPSA) is 35.5 Å². The monoisotopic (exact) mass is 268 g/mol. The number of nitrogens with zero attached hydrogens (tertiary/aromatic N) is 1. The van der Waals surface area contributed by atoms with E-state index in [4.69, 9.17) is 0 Å². The van der Waals surface area contributed by atoms with Crippen LogP contribution in [0.25, 0.3) is 0 Å². The van der Waals surface area contributed by atoms with Crippen molar-refractivity contribution in [1.82, 2.24) is 10.2 Å². The van der Waals surface area contributed by atoms with E-state index < -0.39 is 5.60 Å². The minimum Gasteiger partial charge on any atom is -0.389 e. The summed E-state index contributed by atoms with van der Waals surface area (Å²) < 4.78 is 0. The maximum Gasteiger partial charge on any atom is 0.0758 e. The predicted molar refractivity (Wildman–Crippen MR) is 80.3 cm³/mol. The molecule has 0 bridgehead atoms. The van der Waals surface area contributed by atoms with Crippen molar-refractivity contribution in [3.05, 3.63) is 0 Å². The first-order valence-electron chi connectivity index (χ1n) is 8.02. The number of likely N-dealkylation sites (tertiary alicyclic amines) is 1. The van der Waals surface area contributed by atoms with Crippen LogP contribution in [0.2, 0.25) is 0 Å². The molecule has 1 aliphatic heterocycles. The summed E-state index contributed by atoms with van der Waals surface area (Å²) >= 11 is 0. The van der Waals surface area contributed by atoms with Crippen molar-refractivity contribution < 1.29 is 5.11 Å². The number of hydrogen-bond acceptors (Lipinski definition) is 3. The molecular weight excluding hydrogens is 236 g/mol. The van der Waals surface area contributed by atoms with Crippen LogP contribution >= 0.6 is 0 Å². The highest BCUT2D eigenvalue weighted by atomic mass is 16.3. The number of aliphatic hydroxyl groups is 1. The van der Waals surface area contributed by atoms with Crippen LogP contribution in [0, 0.1) is 11.3 Å². The van der Waals surface area contributed by atoms with Crippen molar-refractivity contribution in [1.29, 1.82) is 0 Å². The van der Waals surface area contributed by atoms with Crippen molar-refractivity contribution in [2.45, 2.75) is 65.0 Å². The van der Waals surface area contributed by atoms with Gasteiger partial charge in [-0.25, -0.2) is 0 Å². The molecule has 19 heavy (non-hydrogen) atoms. The summed E-state index contributed by atoms with van der Waals surface area (Å²) in [4.78, 5) is 2.46. The van der Waals surface area contributed by atoms with Gasteiger partial charge in [0.15, 0.2) is 0 Å². The van der Waals surface area contributed by atoms with Gasteiger partial charge >= 0.3 is 0 Å². The highest BCUT2D eigenvalue weighted by molar-refractivity contribution is 4.98. The zero-order valence-corrected chi connectivity index (χ0v) is 13.2. The maximum absolute atomic E-state index is 10.1. The van der Waals surface area contributed by atoms with Gasteiger partial charge in [0.05, 0.1) is 5.60 Å². The lowest BCUT2D eigenvalue weighted by molar-refractivity contribution is 0.0654. The first-order valence-corrected chi connectivity index (χ1v) is 8.02. The van der Waals surface area contributed by atoms with Gasteiger partial charge < -0.3 is 15.3 Å². The second-order valence-electron chi connectivity index (χ2n) is 7.70. The molecule has 0 aromatic carbocycles. The van der Waals surface area contributed by atoms with E-state index in [0.29, 0.717) is 11.5 Å². The molecule has 0 spiro atoms. The Morgan fingerprint density at radius 2 is 2.00 bits per heavy atom. The minimum atomic E-state index is -0.458. The van der Waals surface area contributed by atoms with Gasteiger partial charge in [-0.1, -0.05) is 20.8 Å². The Balaban J connectivity index is 1.92. The Kier molecular flexibility index (Phi) is 4.59. The van der Waals surface area contributed by atoms with E-state index in [9.17, 15) is 5.11 Å². The largest absolute Gasteiger partial charge is 0.389 e. The Hall–Kier alpha value is -0.120. The highest BCUT2D eigenvalue weighted by Gasteiger charge is 2.43. The number of β-amino-alcohol motifs (C(OH)–C–C–N with tert-alkyl or cyclic N) is 1. The van der Waals surface area contributed by atoms with Crippen molar-refractivity contribution in [2.24, 2.45) is 11.3 Å². The van der Waals surface area contributed by atoms with Gasteiger partial charge in [-0.15, -0.1) is 0 Å². The molecule has 2 rings (SSSR count). The molecule has 3 heteroatoms. The van der Waals surface area contributed by atoms with Gasteiger partial charge in [0.1, 0.15) is 0 Å². The standard InChI is InChI=1S/C16H32N2O/c1-5-9-17-14-13(6-7-15(14,2)3)11-18-10-8-16(4,19)12-18/h13-14,17,19H,5-12H2,1-4H3. The third-order valence-corrected chi connectivity index (χ3v) is 5.11. The van der Waals surface area contributed by atoms with E-state index in [-0.39, 0.29) is 0 Å². The summed E-state index contributed by atoms with van der Waals surface area (Å²) in [5, 5.41) is 13.9. The van der Waals surface area contributed by atoms with Crippen LogP contribution in [0.1, 0.15) is 53.4 Å². The van der Waals surface area contributed by atoms with Crippen LogP contribution in [0.15, 0.2) is 0 Å². The van der Waals surface area contributed by atoms with Crippen LogP contribution < -0.4 is 5.32 Å². The quantitative estimate of drug-likeness (QED) is 0.803. The average Bonchev–Trinajstić information content (AvgIpc) is 2.78. The van der Waals surface area contributed by atoms with Crippen molar-refractivity contribution in [2.75, 3.05) is 26.2 Å². The molecule has 112 valence electrons. The lowest BCUT2D eigenvalue weighted by Crippen LogP contribution is -2.46. The molecule has 2 N–H and O–H groups in total. The van der Waals surface area contributed by atoms with E-state index in [1.54, 1.807) is 0 Å². The number of rotatable bonds is 5. The second-order valence-corrected chi connectivity index (χ2v) is 7.70. The van der Waals surface area contributed by atoms with Crippen LogP contribution in [0.5, 0.6) is 0 Å². The Morgan fingerprint density at radius 3 is 2.58 bits per heavy atom. The highest BCUT2D eigenvalue weighted by Crippen LogP contribution is 2.42. The second kappa shape index (κ2) is 5.71. The zero-order chi connectivity index (χ0) is 14.1. The minimum absolute atomic E-state index is 0.419. The van der Waals surface area contributed by atoms with E-state index in [1.807, 2.05) is 6.92 Å². The lowest BCUT2D eigenvalue weighted by atomic mass is 9.84. The summed E-state index contributed by atoms with van der Waals surface area (Å²) in [7, 11) is 0. The fourth-order valence-electron chi connectivity index (χ4n) is 3.98. The Morgan fingerprint density at radius 1 is 1.26 bits per heavy atom. The van der Waals surface area contributed by atoms with E-state index in [2.05, 4.69) is 31.0 Å². The van der Waals surface area contributed by atoms with Crippen LogP contribution in [0.4, 0.5) is 0 Å². The summed E-state index contributed by atoms with van der Waals surface area (Å²) in [5.41, 5.74) is -0.0391. The maximum atomic E-state index is 10.1. The third kappa shape index (κ3) is 3.71. The predicted octanol–water partition coefficient (Wildman–Crippen LogP) is 2.25. The summed E-state index contributed by atoms with van der Waals surface area (Å²) in [5.74, 6) is 0.746. The molecule has 2 aliphatic rings. The molecule has 0 aromatic rings. The summed E-state index contributed by atoms with van der Waals surface area (Å²) in [6.45, 7) is 13.2. The zero-order valence-electron chi connectivity index (χ0n) is 13.2. The first kappa shape index (κ1) is 15.3. The molecule has 0 aromatic heterocycles. The fourth-order valence-corrected chi connectivity index (χ4v) is 3.98. The number of nitrogens with one attached hydrogen (secondary N) is 1. The van der Waals surface area contributed by atoms with Gasteiger partial charge in [-0.05, 0) is 50.5 Å². The molecule has 0 amide bonds. The summed E-state index contributed by atoms with van der Waals surface area (Å²) in [6, 6.07) is 0.637. The van der Waals surface area contributed by atoms with E-state index >= 15 is 0 Å². The Labute approximate surface area is 118 Å². The van der Waals surface area contributed by atoms with E-state index in [0.717, 1.165) is 38.5 Å². The molecular formula is C16H32N2O. The molecule has 0 radical (unpaired) electrons. The SMILES string of the molecule is CCCNC1C(CN2CCC(C)(O)C2)CCC1(C)C. The lowest BCUT2D eigenvalue weighted by Gasteiger charge is -2.33. The van der Waals surface area contributed by atoms with Gasteiger partial charge in [0.25, 0.3) is 0 Å². The van der Waals surface area contributed by atoms with Gasteiger partial charge in [-0.3, -0.25) is 0 Å². The van der Waals surface area contributed by atoms with Gasteiger partial charge in [0.2, 0.25) is 0 Å². The van der Waals surface area contributed by atoms with Crippen LogP contribution in [-0.4, -0.2) is 47.8 Å². The summed E-state index contributed by atoms with van der Waals surface area (Å²) in [6.07, 6.45) is 4.78. The average molecular weight is 268 g/mol.